The van der Waals surface area contributed by atoms with Gasteiger partial charge < -0.3 is 15.3 Å². The number of urea groups is 1. The van der Waals surface area contributed by atoms with Crippen LogP contribution in [0, 0.1) is 5.92 Å². The van der Waals surface area contributed by atoms with E-state index in [1.54, 1.807) is 0 Å². The maximum Gasteiger partial charge on any atom is 0.390 e. The van der Waals surface area contributed by atoms with Crippen LogP contribution in [0.15, 0.2) is 0 Å². The van der Waals surface area contributed by atoms with E-state index in [4.69, 9.17) is 5.11 Å². The molecule has 8 heteroatoms. The van der Waals surface area contributed by atoms with Crippen molar-refractivity contribution in [2.75, 3.05) is 19.6 Å². The fourth-order valence-electron chi connectivity index (χ4n) is 1.54. The van der Waals surface area contributed by atoms with Crippen molar-refractivity contribution in [3.05, 3.63) is 0 Å². The predicted molar refractivity (Wildman–Crippen MR) is 60.6 cm³/mol. The number of amides is 2. The molecule has 2 amide bonds. The van der Waals surface area contributed by atoms with Crippen LogP contribution in [-0.2, 0) is 4.79 Å². The van der Waals surface area contributed by atoms with Gasteiger partial charge in [0.2, 0.25) is 0 Å². The summed E-state index contributed by atoms with van der Waals surface area (Å²) in [6.45, 7) is -0.171. The molecule has 0 aromatic carbocycles. The third-order valence-electron chi connectivity index (χ3n) is 2.74. The smallest absolute Gasteiger partial charge is 0.390 e. The normalized spacial score (nSPS) is 15.1. The lowest BCUT2D eigenvalue weighted by Crippen LogP contribution is -2.43. The van der Waals surface area contributed by atoms with Gasteiger partial charge >= 0.3 is 18.2 Å². The van der Waals surface area contributed by atoms with Crippen molar-refractivity contribution in [2.24, 2.45) is 5.92 Å². The van der Waals surface area contributed by atoms with Gasteiger partial charge in [0, 0.05) is 19.6 Å². The van der Waals surface area contributed by atoms with E-state index < -0.39 is 24.6 Å². The molecular formula is C11H17F3N2O3. The van der Waals surface area contributed by atoms with Crippen LogP contribution in [0.2, 0.25) is 0 Å². The molecule has 1 rings (SSSR count). The van der Waals surface area contributed by atoms with Gasteiger partial charge in [-0.1, -0.05) is 0 Å². The molecule has 0 heterocycles. The summed E-state index contributed by atoms with van der Waals surface area (Å²) in [5.74, 6) is -0.789. The van der Waals surface area contributed by atoms with Crippen LogP contribution in [0.1, 0.15) is 25.7 Å². The Labute approximate surface area is 108 Å². The van der Waals surface area contributed by atoms with E-state index >= 15 is 0 Å². The first-order valence-corrected chi connectivity index (χ1v) is 6.09. The monoisotopic (exact) mass is 282 g/mol. The van der Waals surface area contributed by atoms with Gasteiger partial charge in [-0.25, -0.2) is 4.79 Å². The van der Waals surface area contributed by atoms with E-state index in [1.165, 1.54) is 0 Å². The Kier molecular flexibility index (Phi) is 5.44. The number of carboxylic acid groups (broad SMARTS) is 1. The second-order valence-corrected chi connectivity index (χ2v) is 4.63. The van der Waals surface area contributed by atoms with Gasteiger partial charge in [-0.05, 0) is 18.8 Å². The van der Waals surface area contributed by atoms with Gasteiger partial charge in [-0.15, -0.1) is 0 Å². The number of nitrogens with zero attached hydrogens (tertiary/aromatic N) is 1. The Hall–Kier alpha value is -1.47. The van der Waals surface area contributed by atoms with Crippen molar-refractivity contribution in [3.8, 4) is 0 Å². The Morgan fingerprint density at radius 1 is 1.32 bits per heavy atom. The zero-order chi connectivity index (χ0) is 14.5. The second-order valence-electron chi connectivity index (χ2n) is 4.63. The molecule has 0 aromatic heterocycles. The highest BCUT2D eigenvalue weighted by molar-refractivity contribution is 5.75. The minimum Gasteiger partial charge on any atom is -0.481 e. The third-order valence-corrected chi connectivity index (χ3v) is 2.74. The molecule has 0 spiro atoms. The molecule has 0 unspecified atom stereocenters. The summed E-state index contributed by atoms with van der Waals surface area (Å²) in [6.07, 6.45) is -3.76. The Bertz CT molecular complexity index is 330. The SMILES string of the molecule is O=C(O)CCNC(=O)N(CCC(F)(F)F)CC1CC1. The molecular weight excluding hydrogens is 265 g/mol. The summed E-state index contributed by atoms with van der Waals surface area (Å²) in [7, 11) is 0. The first-order chi connectivity index (χ1) is 8.78. The lowest BCUT2D eigenvalue weighted by molar-refractivity contribution is -0.137. The van der Waals surface area contributed by atoms with Crippen molar-refractivity contribution in [3.63, 3.8) is 0 Å². The average molecular weight is 282 g/mol. The zero-order valence-corrected chi connectivity index (χ0v) is 10.4. The van der Waals surface area contributed by atoms with Crippen LogP contribution in [-0.4, -0.2) is 47.8 Å². The van der Waals surface area contributed by atoms with Crippen molar-refractivity contribution < 1.29 is 27.9 Å². The summed E-state index contributed by atoms with van der Waals surface area (Å²) < 4.78 is 36.5. The number of hydrogen-bond acceptors (Lipinski definition) is 2. The van der Waals surface area contributed by atoms with E-state index in [0.29, 0.717) is 6.54 Å². The molecule has 5 nitrogen and oxygen atoms in total. The molecule has 1 aliphatic rings. The number of alkyl halides is 3. The van der Waals surface area contributed by atoms with Crippen LogP contribution < -0.4 is 5.32 Å². The molecule has 1 fully saturated rings. The topological polar surface area (TPSA) is 69.6 Å². The van der Waals surface area contributed by atoms with Crippen LogP contribution >= 0.6 is 0 Å². The minimum absolute atomic E-state index is 0.0820. The second kappa shape index (κ2) is 6.63. The highest BCUT2D eigenvalue weighted by atomic mass is 19.4. The zero-order valence-electron chi connectivity index (χ0n) is 10.4. The van der Waals surface area contributed by atoms with Crippen LogP contribution in [0.3, 0.4) is 0 Å². The predicted octanol–water partition coefficient (Wildman–Crippen LogP) is 1.84. The molecule has 110 valence electrons. The first-order valence-electron chi connectivity index (χ1n) is 6.09. The molecule has 1 aliphatic carbocycles. The Balaban J connectivity index is 2.37. The number of carbonyl (C=O) groups is 2. The van der Waals surface area contributed by atoms with Crippen molar-refractivity contribution in [1.29, 1.82) is 0 Å². The minimum atomic E-state index is -4.30. The van der Waals surface area contributed by atoms with E-state index in [9.17, 15) is 22.8 Å². The highest BCUT2D eigenvalue weighted by Gasteiger charge is 2.31. The van der Waals surface area contributed by atoms with Crippen LogP contribution in [0.25, 0.3) is 0 Å². The molecule has 0 aliphatic heterocycles. The quantitative estimate of drug-likeness (QED) is 0.748. The molecule has 19 heavy (non-hydrogen) atoms. The molecule has 2 N–H and O–H groups in total. The molecule has 0 saturated heterocycles. The largest absolute Gasteiger partial charge is 0.481 e. The Morgan fingerprint density at radius 3 is 2.42 bits per heavy atom. The summed E-state index contributed by atoms with van der Waals surface area (Å²) in [5, 5.41) is 10.7. The number of carboxylic acids is 1. The lowest BCUT2D eigenvalue weighted by atomic mass is 10.3. The number of aliphatic carboxylic acids is 1. The highest BCUT2D eigenvalue weighted by Crippen LogP contribution is 2.30. The number of hydrogen-bond donors (Lipinski definition) is 2. The fraction of sp³-hybridized carbons (Fsp3) is 0.818. The summed E-state index contributed by atoms with van der Waals surface area (Å²) in [4.78, 5) is 23.1. The Morgan fingerprint density at radius 2 is 1.95 bits per heavy atom. The van der Waals surface area contributed by atoms with Crippen molar-refractivity contribution >= 4 is 12.0 Å². The van der Waals surface area contributed by atoms with Gasteiger partial charge in [-0.3, -0.25) is 4.79 Å². The van der Waals surface area contributed by atoms with Crippen molar-refractivity contribution in [1.82, 2.24) is 10.2 Å². The van der Waals surface area contributed by atoms with E-state index in [-0.39, 0.29) is 25.4 Å². The van der Waals surface area contributed by atoms with Gasteiger partial charge in [0.25, 0.3) is 0 Å². The lowest BCUT2D eigenvalue weighted by Gasteiger charge is -2.23. The molecule has 0 atom stereocenters. The average Bonchev–Trinajstić information content (AvgIpc) is 3.05. The number of nitrogens with one attached hydrogen (secondary N) is 1. The molecule has 0 aromatic rings. The molecule has 0 bridgehead atoms. The van der Waals surface area contributed by atoms with Gasteiger partial charge in [-0.2, -0.15) is 13.2 Å². The van der Waals surface area contributed by atoms with E-state index in [2.05, 4.69) is 5.32 Å². The van der Waals surface area contributed by atoms with Crippen LogP contribution in [0.5, 0.6) is 0 Å². The summed E-state index contributed by atoms with van der Waals surface area (Å²) >= 11 is 0. The van der Waals surface area contributed by atoms with Gasteiger partial charge in [0.1, 0.15) is 0 Å². The van der Waals surface area contributed by atoms with E-state index in [1.807, 2.05) is 0 Å². The summed E-state index contributed by atoms with van der Waals surface area (Å²) in [5.41, 5.74) is 0. The standard InChI is InChI=1S/C11H17F3N2O3/c12-11(13,14)4-6-16(7-8-1-2-8)10(19)15-5-3-9(17)18/h8H,1-7H2,(H,15,19)(H,17,18). The summed E-state index contributed by atoms with van der Waals surface area (Å²) in [6, 6.07) is -0.627. The maximum absolute atomic E-state index is 12.2. The van der Waals surface area contributed by atoms with Crippen LogP contribution in [0.4, 0.5) is 18.0 Å². The number of carbonyl (C=O) groups excluding carboxylic acids is 1. The third kappa shape index (κ3) is 7.53. The van der Waals surface area contributed by atoms with E-state index in [0.717, 1.165) is 17.7 Å². The number of halogens is 3. The fourth-order valence-corrected chi connectivity index (χ4v) is 1.54. The van der Waals surface area contributed by atoms with Gasteiger partial charge in [0.05, 0.1) is 12.8 Å². The number of rotatable bonds is 7. The van der Waals surface area contributed by atoms with Crippen molar-refractivity contribution in [2.45, 2.75) is 31.9 Å². The molecule has 1 saturated carbocycles. The first kappa shape index (κ1) is 15.6. The molecule has 0 radical (unpaired) electrons. The van der Waals surface area contributed by atoms with Gasteiger partial charge in [0.15, 0.2) is 0 Å². The maximum atomic E-state index is 12.2.